The highest BCUT2D eigenvalue weighted by molar-refractivity contribution is 7.71. The molecule has 3 aromatic carbocycles. The smallest absolute Gasteiger partial charge is 0.230 e. The molecule has 6 rings (SSSR count). The number of nitrogens with two attached hydrogens (primary N) is 1. The Morgan fingerprint density at radius 3 is 2.33 bits per heavy atom. The van der Waals surface area contributed by atoms with Gasteiger partial charge in [0.15, 0.2) is 10.5 Å². The molecule has 3 heterocycles. The third kappa shape index (κ3) is 3.98. The number of anilines is 1. The van der Waals surface area contributed by atoms with Gasteiger partial charge in [-0.1, -0.05) is 84.4 Å². The van der Waals surface area contributed by atoms with Crippen LogP contribution in [0.2, 0.25) is 5.02 Å². The SMILES string of the molecule is Nc1c(-c2n[nH]c(=S)n2Cc2ccccc2)oc2nc(-c3ccc(Cl)cc3)cc(-c3ccccc3)c12. The highest BCUT2D eigenvalue weighted by Gasteiger charge is 2.24. The minimum atomic E-state index is 0.422. The number of nitrogen functional groups attached to an aromatic ring is 1. The molecule has 0 bridgehead atoms. The number of fused-ring (bicyclic) bond motifs is 1. The molecule has 0 aliphatic heterocycles. The van der Waals surface area contributed by atoms with Gasteiger partial charge in [-0.25, -0.2) is 4.98 Å². The summed E-state index contributed by atoms with van der Waals surface area (Å²) in [5.41, 5.74) is 12.3. The highest BCUT2D eigenvalue weighted by atomic mass is 35.5. The van der Waals surface area contributed by atoms with Gasteiger partial charge in [0.1, 0.15) is 0 Å². The summed E-state index contributed by atoms with van der Waals surface area (Å²) in [5.74, 6) is 0.942. The van der Waals surface area contributed by atoms with Crippen molar-refractivity contribution in [2.75, 3.05) is 5.73 Å². The van der Waals surface area contributed by atoms with E-state index in [4.69, 9.17) is 39.0 Å². The molecule has 0 amide bonds. The first-order valence-electron chi connectivity index (χ1n) is 11.3. The predicted molar refractivity (Wildman–Crippen MR) is 146 cm³/mol. The first-order valence-corrected chi connectivity index (χ1v) is 12.1. The molecule has 0 radical (unpaired) electrons. The van der Waals surface area contributed by atoms with E-state index >= 15 is 0 Å². The van der Waals surface area contributed by atoms with Crippen LogP contribution in [0, 0.1) is 4.77 Å². The fourth-order valence-corrected chi connectivity index (χ4v) is 4.63. The van der Waals surface area contributed by atoms with Crippen LogP contribution >= 0.6 is 23.8 Å². The molecule has 0 aliphatic rings. The van der Waals surface area contributed by atoms with Crippen molar-refractivity contribution in [2.24, 2.45) is 0 Å². The van der Waals surface area contributed by atoms with Gasteiger partial charge in [-0.05, 0) is 47.1 Å². The number of rotatable bonds is 5. The van der Waals surface area contributed by atoms with Crippen LogP contribution in [0.4, 0.5) is 5.69 Å². The van der Waals surface area contributed by atoms with Gasteiger partial charge in [0, 0.05) is 10.6 Å². The molecule has 176 valence electrons. The van der Waals surface area contributed by atoms with Crippen LogP contribution in [-0.4, -0.2) is 19.7 Å². The molecule has 3 N–H and O–H groups in total. The second-order valence-corrected chi connectivity index (χ2v) is 9.20. The summed E-state index contributed by atoms with van der Waals surface area (Å²) < 4.78 is 8.67. The molecule has 0 saturated heterocycles. The van der Waals surface area contributed by atoms with E-state index in [0.29, 0.717) is 39.3 Å². The Morgan fingerprint density at radius 2 is 1.61 bits per heavy atom. The summed E-state index contributed by atoms with van der Waals surface area (Å²) in [6.45, 7) is 0.525. The number of pyridine rings is 1. The van der Waals surface area contributed by atoms with E-state index in [9.17, 15) is 0 Å². The summed E-state index contributed by atoms with van der Waals surface area (Å²) in [5, 5.41) is 8.74. The van der Waals surface area contributed by atoms with Crippen molar-refractivity contribution >= 4 is 40.6 Å². The Hall–Kier alpha value is -4.20. The van der Waals surface area contributed by atoms with E-state index in [0.717, 1.165) is 33.3 Å². The molecule has 0 atom stereocenters. The molecule has 8 heteroatoms. The molecule has 3 aromatic heterocycles. The Labute approximate surface area is 217 Å². The van der Waals surface area contributed by atoms with Crippen LogP contribution in [0.25, 0.3) is 45.1 Å². The van der Waals surface area contributed by atoms with Crippen molar-refractivity contribution in [3.05, 3.63) is 106 Å². The van der Waals surface area contributed by atoms with Crippen molar-refractivity contribution in [2.45, 2.75) is 6.54 Å². The second-order valence-electron chi connectivity index (χ2n) is 8.38. The largest absolute Gasteiger partial charge is 0.432 e. The number of hydrogen-bond acceptors (Lipinski definition) is 5. The molecular formula is C28H20ClN5OS. The standard InChI is InChI=1S/C28H20ClN5OS/c29-20-13-11-19(12-14-20)22-15-21(18-9-5-2-6-10-18)23-24(30)25(35-27(23)31-22)26-32-33-28(36)34(26)16-17-7-3-1-4-8-17/h1-15H,16,30H2,(H,33,36). The molecule has 0 saturated carbocycles. The lowest BCUT2D eigenvalue weighted by molar-refractivity contribution is 0.606. The second kappa shape index (κ2) is 9.11. The third-order valence-electron chi connectivity index (χ3n) is 6.07. The van der Waals surface area contributed by atoms with E-state index in [1.54, 1.807) is 0 Å². The number of aromatic amines is 1. The molecule has 0 unspecified atom stereocenters. The Kier molecular flexibility index (Phi) is 5.64. The zero-order chi connectivity index (χ0) is 24.6. The van der Waals surface area contributed by atoms with Gasteiger partial charge in [-0.3, -0.25) is 9.67 Å². The van der Waals surface area contributed by atoms with Crippen molar-refractivity contribution in [3.8, 4) is 34.0 Å². The molecule has 36 heavy (non-hydrogen) atoms. The van der Waals surface area contributed by atoms with E-state index in [1.807, 2.05) is 95.6 Å². The number of aromatic nitrogens is 4. The van der Waals surface area contributed by atoms with Crippen LogP contribution in [0.1, 0.15) is 5.56 Å². The number of benzene rings is 3. The molecule has 0 spiro atoms. The van der Waals surface area contributed by atoms with Crippen molar-refractivity contribution < 1.29 is 4.42 Å². The summed E-state index contributed by atoms with van der Waals surface area (Å²) in [6, 6.07) is 29.6. The lowest BCUT2D eigenvalue weighted by Gasteiger charge is -2.08. The number of H-pyrrole nitrogens is 1. The lowest BCUT2D eigenvalue weighted by atomic mass is 9.99. The number of hydrogen-bond donors (Lipinski definition) is 2. The number of nitrogens with zero attached hydrogens (tertiary/aromatic N) is 3. The quantitative estimate of drug-likeness (QED) is 0.237. The van der Waals surface area contributed by atoms with Crippen molar-refractivity contribution in [3.63, 3.8) is 0 Å². The van der Waals surface area contributed by atoms with E-state index in [-0.39, 0.29) is 0 Å². The minimum absolute atomic E-state index is 0.422. The van der Waals surface area contributed by atoms with Gasteiger partial charge in [-0.2, -0.15) is 5.10 Å². The lowest BCUT2D eigenvalue weighted by Crippen LogP contribution is -2.03. The average Bonchev–Trinajstić information content (AvgIpc) is 3.44. The zero-order valence-electron chi connectivity index (χ0n) is 19.0. The third-order valence-corrected chi connectivity index (χ3v) is 6.63. The van der Waals surface area contributed by atoms with Crippen LogP contribution in [0.5, 0.6) is 0 Å². The fraction of sp³-hybridized carbons (Fsp3) is 0.0357. The number of furan rings is 1. The van der Waals surface area contributed by atoms with E-state index in [2.05, 4.69) is 10.2 Å². The normalized spacial score (nSPS) is 11.2. The van der Waals surface area contributed by atoms with E-state index < -0.39 is 0 Å². The fourth-order valence-electron chi connectivity index (χ4n) is 4.30. The Bertz CT molecular complexity index is 1740. The van der Waals surface area contributed by atoms with Gasteiger partial charge in [0.25, 0.3) is 0 Å². The van der Waals surface area contributed by atoms with Crippen molar-refractivity contribution in [1.82, 2.24) is 19.7 Å². The van der Waals surface area contributed by atoms with Gasteiger partial charge in [0.2, 0.25) is 11.5 Å². The van der Waals surface area contributed by atoms with Gasteiger partial charge in [-0.15, -0.1) is 0 Å². The predicted octanol–water partition coefficient (Wildman–Crippen LogP) is 7.37. The van der Waals surface area contributed by atoms with Crippen LogP contribution < -0.4 is 5.73 Å². The number of halogens is 1. The zero-order valence-corrected chi connectivity index (χ0v) is 20.6. The summed E-state index contributed by atoms with van der Waals surface area (Å²) in [4.78, 5) is 4.83. The minimum Gasteiger partial charge on any atom is -0.432 e. The topological polar surface area (TPSA) is 85.7 Å². The summed E-state index contributed by atoms with van der Waals surface area (Å²) >= 11 is 11.6. The molecule has 0 aliphatic carbocycles. The Balaban J connectivity index is 1.57. The van der Waals surface area contributed by atoms with Gasteiger partial charge < -0.3 is 10.2 Å². The average molecular weight is 510 g/mol. The van der Waals surface area contributed by atoms with Crippen LogP contribution in [0.15, 0.2) is 95.4 Å². The first kappa shape index (κ1) is 22.3. The molecular weight excluding hydrogens is 490 g/mol. The number of nitrogens with one attached hydrogen (secondary N) is 1. The van der Waals surface area contributed by atoms with Crippen molar-refractivity contribution in [1.29, 1.82) is 0 Å². The maximum absolute atomic E-state index is 6.74. The van der Waals surface area contributed by atoms with Gasteiger partial charge in [0.05, 0.1) is 23.3 Å². The Morgan fingerprint density at radius 1 is 0.917 bits per heavy atom. The maximum atomic E-state index is 6.74. The summed E-state index contributed by atoms with van der Waals surface area (Å²) in [7, 11) is 0. The monoisotopic (exact) mass is 509 g/mol. The molecule has 0 fully saturated rings. The highest BCUT2D eigenvalue weighted by Crippen LogP contribution is 2.41. The first-order chi connectivity index (χ1) is 17.6. The van der Waals surface area contributed by atoms with E-state index in [1.165, 1.54) is 0 Å². The molecule has 6 aromatic rings. The summed E-state index contributed by atoms with van der Waals surface area (Å²) in [6.07, 6.45) is 0. The van der Waals surface area contributed by atoms with Crippen LogP contribution in [-0.2, 0) is 6.54 Å². The van der Waals surface area contributed by atoms with Crippen LogP contribution in [0.3, 0.4) is 0 Å². The molecule has 6 nitrogen and oxygen atoms in total. The maximum Gasteiger partial charge on any atom is 0.230 e. The van der Waals surface area contributed by atoms with Gasteiger partial charge >= 0.3 is 0 Å².